The molecule has 0 fully saturated rings. The van der Waals surface area contributed by atoms with Gasteiger partial charge in [0.25, 0.3) is 5.91 Å². The number of rotatable bonds is 6. The van der Waals surface area contributed by atoms with Crippen LogP contribution >= 0.6 is 0 Å². The van der Waals surface area contributed by atoms with Gasteiger partial charge in [-0.2, -0.15) is 0 Å². The molecule has 0 unspecified atom stereocenters. The first-order valence-electron chi connectivity index (χ1n) is 9.72. The number of methoxy groups -OCH3 is 1. The van der Waals surface area contributed by atoms with Crippen molar-refractivity contribution in [3.05, 3.63) is 53.6 Å². The van der Waals surface area contributed by atoms with Crippen molar-refractivity contribution in [3.63, 3.8) is 0 Å². The number of aryl methyl sites for hydroxylation is 1. The number of hydrogen-bond donors (Lipinski definition) is 1. The van der Waals surface area contributed by atoms with Gasteiger partial charge in [-0.25, -0.2) is 0 Å². The van der Waals surface area contributed by atoms with Crippen molar-refractivity contribution >= 4 is 5.91 Å². The highest BCUT2D eigenvalue weighted by molar-refractivity contribution is 5.81. The zero-order valence-electron chi connectivity index (χ0n) is 17.2. The van der Waals surface area contributed by atoms with E-state index in [1.165, 1.54) is 0 Å². The number of amides is 1. The van der Waals surface area contributed by atoms with Gasteiger partial charge in [-0.3, -0.25) is 4.79 Å². The molecule has 150 valence electrons. The summed E-state index contributed by atoms with van der Waals surface area (Å²) in [4.78, 5) is 13.0. The number of para-hydroxylation sites is 1. The van der Waals surface area contributed by atoms with Crippen LogP contribution in [0.4, 0.5) is 0 Å². The molecule has 1 aliphatic heterocycles. The molecule has 0 spiro atoms. The van der Waals surface area contributed by atoms with E-state index in [-0.39, 0.29) is 11.9 Å². The van der Waals surface area contributed by atoms with E-state index < -0.39 is 11.7 Å². The van der Waals surface area contributed by atoms with E-state index >= 15 is 0 Å². The van der Waals surface area contributed by atoms with Gasteiger partial charge in [-0.15, -0.1) is 0 Å². The second kappa shape index (κ2) is 8.13. The van der Waals surface area contributed by atoms with Gasteiger partial charge >= 0.3 is 0 Å². The third kappa shape index (κ3) is 4.41. The van der Waals surface area contributed by atoms with Crippen molar-refractivity contribution in [3.8, 4) is 17.2 Å². The van der Waals surface area contributed by atoms with Crippen LogP contribution in [0, 0.1) is 6.92 Å². The number of hydrogen-bond acceptors (Lipinski definition) is 4. The van der Waals surface area contributed by atoms with E-state index in [0.717, 1.165) is 28.4 Å². The number of ether oxygens (including phenoxy) is 3. The van der Waals surface area contributed by atoms with E-state index in [2.05, 4.69) is 5.32 Å². The molecule has 5 nitrogen and oxygen atoms in total. The van der Waals surface area contributed by atoms with Gasteiger partial charge in [0.2, 0.25) is 0 Å². The first kappa shape index (κ1) is 20.1. The fraction of sp³-hybridized carbons (Fsp3) is 0.435. The summed E-state index contributed by atoms with van der Waals surface area (Å²) in [6.45, 7) is 7.98. The monoisotopic (exact) mass is 383 g/mol. The van der Waals surface area contributed by atoms with Gasteiger partial charge < -0.3 is 19.5 Å². The minimum atomic E-state index is -0.547. The summed E-state index contributed by atoms with van der Waals surface area (Å²) in [6.07, 6.45) is 0.718. The van der Waals surface area contributed by atoms with Gasteiger partial charge in [-0.05, 0) is 51.0 Å². The van der Waals surface area contributed by atoms with E-state index in [4.69, 9.17) is 14.2 Å². The number of carbonyl (C=O) groups is 1. The van der Waals surface area contributed by atoms with Crippen LogP contribution in [-0.4, -0.2) is 24.7 Å². The maximum absolute atomic E-state index is 13.0. The van der Waals surface area contributed by atoms with E-state index in [9.17, 15) is 4.79 Å². The molecule has 0 bridgehead atoms. The van der Waals surface area contributed by atoms with Crippen molar-refractivity contribution in [1.82, 2.24) is 5.32 Å². The van der Waals surface area contributed by atoms with Crippen LogP contribution in [0.15, 0.2) is 42.5 Å². The first-order valence-corrected chi connectivity index (χ1v) is 9.72. The molecule has 0 saturated carbocycles. The predicted octanol–water partition coefficient (Wildman–Crippen LogP) is 4.58. The Morgan fingerprint density at radius 1 is 1.29 bits per heavy atom. The first-order chi connectivity index (χ1) is 13.3. The molecule has 1 heterocycles. The summed E-state index contributed by atoms with van der Waals surface area (Å²) >= 11 is 0. The molecule has 1 aliphatic rings. The molecular formula is C23H29NO4. The SMILES string of the molecule is CC[C@H](Oc1ccccc1C)C(=O)N[C@@H]1CC(C)(C)Oc2cc(OC)ccc21. The Morgan fingerprint density at radius 3 is 2.71 bits per heavy atom. The largest absolute Gasteiger partial charge is 0.497 e. The minimum absolute atomic E-state index is 0.116. The van der Waals surface area contributed by atoms with Crippen LogP contribution in [0.25, 0.3) is 0 Å². The molecule has 0 aliphatic carbocycles. The molecule has 1 amide bonds. The smallest absolute Gasteiger partial charge is 0.261 e. The van der Waals surface area contributed by atoms with Crippen LogP contribution in [0.2, 0.25) is 0 Å². The topological polar surface area (TPSA) is 56.8 Å². The number of carbonyl (C=O) groups excluding carboxylic acids is 1. The molecule has 1 N–H and O–H groups in total. The second-order valence-corrected chi connectivity index (χ2v) is 7.81. The molecule has 2 aromatic rings. The normalized spacial score (nSPS) is 18.4. The Kier molecular flexibility index (Phi) is 5.82. The van der Waals surface area contributed by atoms with E-state index in [1.807, 2.05) is 70.2 Å². The van der Waals surface area contributed by atoms with Crippen LogP contribution in [-0.2, 0) is 4.79 Å². The predicted molar refractivity (Wildman–Crippen MR) is 109 cm³/mol. The van der Waals surface area contributed by atoms with E-state index in [0.29, 0.717) is 12.8 Å². The molecular weight excluding hydrogens is 354 g/mol. The van der Waals surface area contributed by atoms with Crippen molar-refractivity contribution in [2.75, 3.05) is 7.11 Å². The summed E-state index contributed by atoms with van der Waals surface area (Å²) < 4.78 is 17.4. The molecule has 28 heavy (non-hydrogen) atoms. The van der Waals surface area contributed by atoms with Crippen LogP contribution in [0.1, 0.15) is 50.8 Å². The number of benzene rings is 2. The summed E-state index contributed by atoms with van der Waals surface area (Å²) in [6, 6.07) is 13.3. The summed E-state index contributed by atoms with van der Waals surface area (Å²) in [7, 11) is 1.63. The highest BCUT2D eigenvalue weighted by Crippen LogP contribution is 2.41. The molecule has 0 radical (unpaired) electrons. The Bertz CT molecular complexity index is 846. The second-order valence-electron chi connectivity index (χ2n) is 7.81. The Hall–Kier alpha value is -2.69. The van der Waals surface area contributed by atoms with Crippen molar-refractivity contribution in [1.29, 1.82) is 0 Å². The average Bonchev–Trinajstić information content (AvgIpc) is 2.65. The summed E-state index contributed by atoms with van der Waals surface area (Å²) in [5.74, 6) is 2.10. The lowest BCUT2D eigenvalue weighted by molar-refractivity contribution is -0.129. The lowest BCUT2D eigenvalue weighted by atomic mass is 9.89. The maximum atomic E-state index is 13.0. The van der Waals surface area contributed by atoms with Gasteiger partial charge in [0.05, 0.1) is 13.2 Å². The highest BCUT2D eigenvalue weighted by atomic mass is 16.5. The Balaban J connectivity index is 1.79. The Labute approximate surface area is 167 Å². The third-order valence-corrected chi connectivity index (χ3v) is 5.02. The molecule has 2 atom stereocenters. The fourth-order valence-electron chi connectivity index (χ4n) is 3.52. The zero-order chi connectivity index (χ0) is 20.3. The zero-order valence-corrected chi connectivity index (χ0v) is 17.2. The van der Waals surface area contributed by atoms with Gasteiger partial charge in [-0.1, -0.05) is 25.1 Å². The Morgan fingerprint density at radius 2 is 2.04 bits per heavy atom. The van der Waals surface area contributed by atoms with Crippen LogP contribution in [0.5, 0.6) is 17.2 Å². The molecule has 0 aromatic heterocycles. The minimum Gasteiger partial charge on any atom is -0.497 e. The molecule has 5 heteroatoms. The lowest BCUT2D eigenvalue weighted by Gasteiger charge is -2.38. The average molecular weight is 383 g/mol. The fourth-order valence-corrected chi connectivity index (χ4v) is 3.52. The molecule has 2 aromatic carbocycles. The van der Waals surface area contributed by atoms with E-state index in [1.54, 1.807) is 7.11 Å². The number of fused-ring (bicyclic) bond motifs is 1. The maximum Gasteiger partial charge on any atom is 0.261 e. The third-order valence-electron chi connectivity index (χ3n) is 5.02. The van der Waals surface area contributed by atoms with Crippen LogP contribution in [0.3, 0.4) is 0 Å². The molecule has 0 saturated heterocycles. The van der Waals surface area contributed by atoms with Gasteiger partial charge in [0.1, 0.15) is 22.8 Å². The van der Waals surface area contributed by atoms with Gasteiger partial charge in [0, 0.05) is 18.1 Å². The quantitative estimate of drug-likeness (QED) is 0.793. The van der Waals surface area contributed by atoms with Crippen molar-refractivity contribution < 1.29 is 19.0 Å². The van der Waals surface area contributed by atoms with Crippen molar-refractivity contribution in [2.24, 2.45) is 0 Å². The highest BCUT2D eigenvalue weighted by Gasteiger charge is 2.36. The summed E-state index contributed by atoms with van der Waals surface area (Å²) in [5, 5.41) is 3.17. The summed E-state index contributed by atoms with van der Waals surface area (Å²) in [5.41, 5.74) is 1.58. The van der Waals surface area contributed by atoms with Gasteiger partial charge in [0.15, 0.2) is 6.10 Å². The standard InChI is InChI=1S/C23H29NO4/c1-6-19(27-20-10-8-7-9-15(20)2)22(25)24-18-14-23(3,4)28-21-13-16(26-5)11-12-17(18)21/h7-13,18-19H,6,14H2,1-5H3,(H,24,25)/t18-,19+/m1/s1. The molecule has 3 rings (SSSR count). The number of nitrogens with one attached hydrogen (secondary N) is 1. The lowest BCUT2D eigenvalue weighted by Crippen LogP contribution is -2.45. The van der Waals surface area contributed by atoms with Crippen LogP contribution < -0.4 is 19.5 Å². The van der Waals surface area contributed by atoms with Crippen molar-refractivity contribution in [2.45, 2.75) is 58.3 Å².